The smallest absolute Gasteiger partial charge is 0.466 e. The second kappa shape index (κ2) is 8.53. The number of hydrogen-bond acceptors (Lipinski definition) is 7. The summed E-state index contributed by atoms with van der Waals surface area (Å²) in [6.07, 6.45) is -2.60. The van der Waals surface area contributed by atoms with Crippen molar-refractivity contribution in [2.24, 2.45) is 10.2 Å². The van der Waals surface area contributed by atoms with E-state index in [2.05, 4.69) is 25.0 Å². The maximum absolute atomic E-state index is 12.3. The number of rotatable bonds is 4. The molecular weight excluding hydrogens is 490 g/mol. The van der Waals surface area contributed by atoms with Crippen LogP contribution in [-0.4, -0.2) is 36.7 Å². The van der Waals surface area contributed by atoms with Gasteiger partial charge in [-0.25, -0.2) is 4.79 Å². The second-order valence-corrected chi connectivity index (χ2v) is 6.67. The second-order valence-electron chi connectivity index (χ2n) is 4.48. The highest BCUT2D eigenvalue weighted by Gasteiger charge is 2.32. The highest BCUT2D eigenvalue weighted by atomic mass is 127. The number of amides is 1. The first-order valence-electron chi connectivity index (χ1n) is 6.63. The minimum absolute atomic E-state index is 0.0842. The molecular formula is C14H9F3IN3O4S. The van der Waals surface area contributed by atoms with Gasteiger partial charge in [-0.2, -0.15) is 5.10 Å². The van der Waals surface area contributed by atoms with E-state index < -0.39 is 18.2 Å². The monoisotopic (exact) mass is 499 g/mol. The maximum Gasteiger partial charge on any atom is 0.573 e. The van der Waals surface area contributed by atoms with E-state index in [1.807, 2.05) is 0 Å². The largest absolute Gasteiger partial charge is 0.573 e. The molecule has 7 nitrogen and oxygen atoms in total. The summed E-state index contributed by atoms with van der Waals surface area (Å²) >= 11 is 2.58. The zero-order valence-electron chi connectivity index (χ0n) is 12.8. The lowest BCUT2D eigenvalue weighted by molar-refractivity contribution is -0.275. The summed E-state index contributed by atoms with van der Waals surface area (Å²) in [5, 5.41) is 9.93. The van der Waals surface area contributed by atoms with Crippen LogP contribution in [0.2, 0.25) is 0 Å². The molecule has 1 saturated heterocycles. The van der Waals surface area contributed by atoms with Crippen LogP contribution in [0.4, 0.5) is 13.2 Å². The molecule has 1 amide bonds. The number of nitrogens with one attached hydrogen (secondary N) is 1. The number of esters is 1. The molecule has 1 aliphatic heterocycles. The zero-order valence-corrected chi connectivity index (χ0v) is 15.8. The van der Waals surface area contributed by atoms with E-state index >= 15 is 0 Å². The van der Waals surface area contributed by atoms with Gasteiger partial charge in [-0.1, -0.05) is 6.07 Å². The van der Waals surface area contributed by atoms with Gasteiger partial charge in [0.15, 0.2) is 5.17 Å². The van der Waals surface area contributed by atoms with Crippen LogP contribution in [0.3, 0.4) is 0 Å². The van der Waals surface area contributed by atoms with Crippen LogP contribution in [0.1, 0.15) is 5.56 Å². The Morgan fingerprint density at radius 3 is 2.77 bits per heavy atom. The first kappa shape index (κ1) is 20.2. The number of methoxy groups -OCH3 is 1. The number of carbonyl (C=O) groups is 2. The number of ether oxygens (including phenoxy) is 2. The minimum atomic E-state index is -4.80. The van der Waals surface area contributed by atoms with Crippen LogP contribution >= 0.6 is 34.4 Å². The number of hydrogen-bond donors (Lipinski definition) is 1. The first-order valence-corrected chi connectivity index (χ1v) is 8.52. The molecule has 0 aromatic heterocycles. The third kappa shape index (κ3) is 6.01. The molecule has 26 heavy (non-hydrogen) atoms. The number of alkyl halides is 3. The Morgan fingerprint density at radius 2 is 2.12 bits per heavy atom. The van der Waals surface area contributed by atoms with E-state index in [-0.39, 0.29) is 19.4 Å². The lowest BCUT2D eigenvalue weighted by Crippen LogP contribution is -2.19. The standard InChI is InChI=1S/C14H9F3IN3O4S/c1-24-11(22)5-10-12(23)20-13(26-10)21-19-6-7-2-3-8(18)9(4-7)25-14(15,16)17/h2-6H,1H3,(H,20,21,23)/b10-5+,19-6?. The molecule has 0 aliphatic carbocycles. The van der Waals surface area contributed by atoms with Gasteiger partial charge in [0, 0.05) is 6.08 Å². The predicted octanol–water partition coefficient (Wildman–Crippen LogP) is 2.80. The van der Waals surface area contributed by atoms with Crippen molar-refractivity contribution in [1.29, 1.82) is 0 Å². The molecule has 1 N–H and O–H groups in total. The van der Waals surface area contributed by atoms with E-state index in [0.29, 0.717) is 5.56 Å². The molecule has 1 aromatic carbocycles. The Bertz CT molecular complexity index is 824. The maximum atomic E-state index is 12.3. The summed E-state index contributed by atoms with van der Waals surface area (Å²) < 4.78 is 45.6. The van der Waals surface area contributed by atoms with E-state index in [0.717, 1.165) is 23.9 Å². The quantitative estimate of drug-likeness (QED) is 0.226. The van der Waals surface area contributed by atoms with Crippen LogP contribution < -0.4 is 10.1 Å². The van der Waals surface area contributed by atoms with Crippen molar-refractivity contribution in [3.8, 4) is 5.75 Å². The number of nitrogens with zero attached hydrogens (tertiary/aromatic N) is 2. The van der Waals surface area contributed by atoms with Crippen molar-refractivity contribution < 1.29 is 32.2 Å². The third-order valence-electron chi connectivity index (χ3n) is 2.64. The highest BCUT2D eigenvalue weighted by Crippen LogP contribution is 2.28. The topological polar surface area (TPSA) is 89.3 Å². The Hall–Kier alpha value is -2.09. The number of thioether (sulfide) groups is 1. The van der Waals surface area contributed by atoms with Gasteiger partial charge in [0.2, 0.25) is 0 Å². The Morgan fingerprint density at radius 1 is 1.38 bits per heavy atom. The first-order chi connectivity index (χ1) is 12.2. The molecule has 0 atom stereocenters. The number of carbonyl (C=O) groups excluding carboxylic acids is 2. The van der Waals surface area contributed by atoms with Crippen molar-refractivity contribution in [2.45, 2.75) is 6.36 Å². The number of halogens is 4. The van der Waals surface area contributed by atoms with Gasteiger partial charge in [-0.15, -0.1) is 18.3 Å². The van der Waals surface area contributed by atoms with Crippen LogP contribution in [0, 0.1) is 3.57 Å². The van der Waals surface area contributed by atoms with Gasteiger partial charge in [-0.05, 0) is 52.0 Å². The van der Waals surface area contributed by atoms with Crippen LogP contribution in [0.15, 0.2) is 39.4 Å². The zero-order chi connectivity index (χ0) is 19.3. The van der Waals surface area contributed by atoms with Gasteiger partial charge in [0.05, 0.1) is 21.8 Å². The molecule has 1 aromatic rings. The van der Waals surface area contributed by atoms with Crippen molar-refractivity contribution >= 4 is 57.6 Å². The van der Waals surface area contributed by atoms with Crippen molar-refractivity contribution in [1.82, 2.24) is 5.32 Å². The molecule has 1 fully saturated rings. The Balaban J connectivity index is 2.10. The lowest BCUT2D eigenvalue weighted by atomic mass is 10.2. The molecule has 1 heterocycles. The highest BCUT2D eigenvalue weighted by molar-refractivity contribution is 14.1. The summed E-state index contributed by atoms with van der Waals surface area (Å²) in [7, 11) is 1.17. The fraction of sp³-hybridized carbons (Fsp3) is 0.143. The van der Waals surface area contributed by atoms with Crippen molar-refractivity contribution in [2.75, 3.05) is 7.11 Å². The van der Waals surface area contributed by atoms with Gasteiger partial charge < -0.3 is 9.47 Å². The predicted molar refractivity (Wildman–Crippen MR) is 96.7 cm³/mol. The molecule has 0 spiro atoms. The van der Waals surface area contributed by atoms with Crippen LogP contribution in [0.5, 0.6) is 5.75 Å². The summed E-state index contributed by atoms with van der Waals surface area (Å²) in [6.45, 7) is 0. The Labute approximate surface area is 162 Å². The fourth-order valence-corrected chi connectivity index (χ4v) is 2.78. The van der Waals surface area contributed by atoms with Gasteiger partial charge in [-0.3, -0.25) is 10.1 Å². The minimum Gasteiger partial charge on any atom is -0.466 e. The summed E-state index contributed by atoms with van der Waals surface area (Å²) in [5.41, 5.74) is 0.314. The number of benzene rings is 1. The molecule has 12 heteroatoms. The van der Waals surface area contributed by atoms with Crippen LogP contribution in [-0.2, 0) is 14.3 Å². The van der Waals surface area contributed by atoms with Gasteiger partial charge in [0.25, 0.3) is 5.91 Å². The molecule has 2 rings (SSSR count). The molecule has 0 unspecified atom stereocenters. The average molecular weight is 499 g/mol. The normalized spacial score (nSPS) is 17.8. The Kier molecular flexibility index (Phi) is 6.63. The summed E-state index contributed by atoms with van der Waals surface area (Å²) in [5.74, 6) is -1.59. The van der Waals surface area contributed by atoms with Gasteiger partial charge >= 0.3 is 12.3 Å². The fourth-order valence-electron chi connectivity index (χ4n) is 1.59. The molecule has 0 bridgehead atoms. The van der Waals surface area contributed by atoms with Crippen LogP contribution in [0.25, 0.3) is 0 Å². The molecule has 0 radical (unpaired) electrons. The van der Waals surface area contributed by atoms with E-state index in [9.17, 15) is 22.8 Å². The molecule has 138 valence electrons. The van der Waals surface area contributed by atoms with E-state index in [1.54, 1.807) is 22.6 Å². The summed E-state index contributed by atoms with van der Waals surface area (Å²) in [4.78, 5) is 22.8. The average Bonchev–Trinajstić information content (AvgIpc) is 2.88. The van der Waals surface area contributed by atoms with Gasteiger partial charge in [0.1, 0.15) is 5.75 Å². The molecule has 0 saturated carbocycles. The molecule has 1 aliphatic rings. The number of amidine groups is 1. The lowest BCUT2D eigenvalue weighted by Gasteiger charge is -2.10. The van der Waals surface area contributed by atoms with Crippen molar-refractivity contribution in [3.05, 3.63) is 38.3 Å². The SMILES string of the molecule is COC(=O)/C=C1/S/C(=N\N=Cc2ccc(I)c(OC(F)(F)F)c2)NC1=O. The third-order valence-corrected chi connectivity index (χ3v) is 4.43. The van der Waals surface area contributed by atoms with E-state index in [4.69, 9.17) is 0 Å². The van der Waals surface area contributed by atoms with E-state index in [1.165, 1.54) is 25.5 Å². The van der Waals surface area contributed by atoms with Crippen molar-refractivity contribution in [3.63, 3.8) is 0 Å². The summed E-state index contributed by atoms with van der Waals surface area (Å²) in [6, 6.07) is 4.11.